The minimum absolute atomic E-state index is 1.11. The molecule has 0 saturated carbocycles. The normalized spacial score (nSPS) is 11.4. The molecule has 4 heteroatoms. The molecule has 2 heterocycles. The predicted molar refractivity (Wildman–Crippen MR) is 246 cm³/mol. The van der Waals surface area contributed by atoms with Crippen LogP contribution in [0, 0.1) is 27.7 Å². The lowest BCUT2D eigenvalue weighted by Gasteiger charge is -2.25. The highest BCUT2D eigenvalue weighted by molar-refractivity contribution is 6.18. The van der Waals surface area contributed by atoms with Gasteiger partial charge in [-0.15, -0.1) is 0 Å². The van der Waals surface area contributed by atoms with Crippen LogP contribution in [0.3, 0.4) is 0 Å². The molecule has 58 heavy (non-hydrogen) atoms. The minimum Gasteiger partial charge on any atom is -0.313 e. The Labute approximate surface area is 340 Å². The summed E-state index contributed by atoms with van der Waals surface area (Å²) in [6, 6.07) is 69.8. The molecular formula is C54H44N4. The highest BCUT2D eigenvalue weighted by Crippen LogP contribution is 2.42. The fourth-order valence-corrected chi connectivity index (χ4v) is 8.87. The third-order valence-electron chi connectivity index (χ3n) is 11.9. The summed E-state index contributed by atoms with van der Waals surface area (Å²) in [5.74, 6) is 0. The summed E-state index contributed by atoms with van der Waals surface area (Å²) in [4.78, 5) is 4.63. The number of hydrogen-bond acceptors (Lipinski definition) is 2. The van der Waals surface area contributed by atoms with Crippen LogP contribution in [-0.4, -0.2) is 9.13 Å². The van der Waals surface area contributed by atoms with Gasteiger partial charge in [0.05, 0.1) is 11.0 Å². The van der Waals surface area contributed by atoms with Gasteiger partial charge in [-0.3, -0.25) is 0 Å². The van der Waals surface area contributed by atoms with Crippen molar-refractivity contribution in [3.63, 3.8) is 0 Å². The van der Waals surface area contributed by atoms with Crippen LogP contribution in [0.2, 0.25) is 0 Å². The maximum absolute atomic E-state index is 2.46. The first-order valence-electron chi connectivity index (χ1n) is 20.0. The van der Waals surface area contributed by atoms with Gasteiger partial charge in [0.1, 0.15) is 0 Å². The summed E-state index contributed by atoms with van der Waals surface area (Å²) >= 11 is 0. The number of rotatable bonds is 8. The van der Waals surface area contributed by atoms with Crippen molar-refractivity contribution in [3.8, 4) is 11.4 Å². The van der Waals surface area contributed by atoms with Gasteiger partial charge in [-0.05, 0) is 136 Å². The lowest BCUT2D eigenvalue weighted by Crippen LogP contribution is -2.10. The summed E-state index contributed by atoms with van der Waals surface area (Å²) in [6.45, 7) is 9.01. The monoisotopic (exact) mass is 748 g/mol. The van der Waals surface area contributed by atoms with Crippen LogP contribution >= 0.6 is 0 Å². The van der Waals surface area contributed by atoms with Crippen molar-refractivity contribution in [2.24, 2.45) is 0 Å². The number of benzene rings is 8. The SMILES string of the molecule is Cc1c(C)n(-c2ccc(N(c3ccccc3)c3ccccc3)cc2)c2c1ccc1c2ccc2c(C)c(C)n(-c3ccc(N(c4ccccc4)c4ccccc4)cc3)c21. The van der Waals surface area contributed by atoms with Gasteiger partial charge in [0, 0.05) is 78.4 Å². The number of fused-ring (bicyclic) bond motifs is 5. The molecule has 0 amide bonds. The number of anilines is 6. The van der Waals surface area contributed by atoms with Crippen LogP contribution in [-0.2, 0) is 0 Å². The first-order chi connectivity index (χ1) is 28.5. The maximum Gasteiger partial charge on any atom is 0.0613 e. The van der Waals surface area contributed by atoms with E-state index in [2.05, 4.69) is 241 Å². The molecule has 0 spiro atoms. The Hall–Kier alpha value is -7.30. The molecule has 0 N–H and O–H groups in total. The van der Waals surface area contributed by atoms with E-state index in [1.54, 1.807) is 0 Å². The molecule has 10 aromatic rings. The standard InChI is InChI=1S/C54H44N4/c1-37-39(3)55(45-25-29-47(30-26-45)57(41-17-9-5-10-18-41)42-19-11-6-12-20-42)53-49(37)33-35-52-51(53)36-34-50-38(2)40(4)56(54(50)52)46-27-31-48(32-28-46)58(43-21-13-7-14-22-43)44-23-15-8-16-24-44/h5-36H,1-4H3. The van der Waals surface area contributed by atoms with Gasteiger partial charge < -0.3 is 18.9 Å². The third kappa shape index (κ3) is 5.76. The average Bonchev–Trinajstić information content (AvgIpc) is 3.70. The number of nitrogens with zero attached hydrogens (tertiary/aromatic N) is 4. The summed E-state index contributed by atoms with van der Waals surface area (Å²) in [5, 5.41) is 5.05. The van der Waals surface area contributed by atoms with E-state index in [1.165, 1.54) is 55.1 Å². The van der Waals surface area contributed by atoms with E-state index in [1.807, 2.05) is 0 Å². The van der Waals surface area contributed by atoms with Crippen LogP contribution in [0.1, 0.15) is 22.5 Å². The Balaban J connectivity index is 1.11. The number of aromatic nitrogens is 2. The van der Waals surface area contributed by atoms with Crippen molar-refractivity contribution in [3.05, 3.63) is 217 Å². The molecular weight excluding hydrogens is 705 g/mol. The summed E-state index contributed by atoms with van der Waals surface area (Å²) in [7, 11) is 0. The Bertz CT molecular complexity index is 2760. The molecule has 280 valence electrons. The van der Waals surface area contributed by atoms with E-state index in [-0.39, 0.29) is 0 Å². The molecule has 10 rings (SSSR count). The first kappa shape index (κ1) is 35.1. The molecule has 2 aromatic heterocycles. The number of aryl methyl sites for hydroxylation is 2. The van der Waals surface area contributed by atoms with Gasteiger partial charge in [-0.2, -0.15) is 0 Å². The van der Waals surface area contributed by atoms with Gasteiger partial charge in [0.25, 0.3) is 0 Å². The van der Waals surface area contributed by atoms with Crippen LogP contribution < -0.4 is 9.80 Å². The molecule has 0 unspecified atom stereocenters. The van der Waals surface area contributed by atoms with Gasteiger partial charge >= 0.3 is 0 Å². The summed E-state index contributed by atoms with van der Waals surface area (Å²) in [6.07, 6.45) is 0. The van der Waals surface area contributed by atoms with Crippen LogP contribution in [0.15, 0.2) is 194 Å². The molecule has 0 aliphatic rings. The molecule has 0 bridgehead atoms. The second-order valence-corrected chi connectivity index (χ2v) is 15.2. The quantitative estimate of drug-likeness (QED) is 0.154. The fourth-order valence-electron chi connectivity index (χ4n) is 8.87. The van der Waals surface area contributed by atoms with Gasteiger partial charge in [0.2, 0.25) is 0 Å². The van der Waals surface area contributed by atoms with Crippen molar-refractivity contribution in [2.75, 3.05) is 9.80 Å². The molecule has 0 saturated heterocycles. The van der Waals surface area contributed by atoms with Crippen molar-refractivity contribution in [1.29, 1.82) is 0 Å². The van der Waals surface area contributed by atoms with E-state index in [0.717, 1.165) is 45.5 Å². The number of para-hydroxylation sites is 4. The lowest BCUT2D eigenvalue weighted by molar-refractivity contribution is 1.04. The Kier molecular flexibility index (Phi) is 8.68. The zero-order valence-electron chi connectivity index (χ0n) is 33.3. The minimum atomic E-state index is 1.11. The second kappa shape index (κ2) is 14.3. The van der Waals surface area contributed by atoms with Crippen LogP contribution in [0.25, 0.3) is 44.0 Å². The zero-order valence-corrected chi connectivity index (χ0v) is 33.3. The molecule has 0 radical (unpaired) electrons. The van der Waals surface area contributed by atoms with Gasteiger partial charge in [-0.25, -0.2) is 0 Å². The summed E-state index contributed by atoms with van der Waals surface area (Å²) < 4.78 is 4.92. The molecule has 0 aliphatic carbocycles. The third-order valence-corrected chi connectivity index (χ3v) is 11.9. The van der Waals surface area contributed by atoms with Crippen molar-refractivity contribution >= 4 is 66.7 Å². The van der Waals surface area contributed by atoms with E-state index >= 15 is 0 Å². The van der Waals surface area contributed by atoms with Gasteiger partial charge in [-0.1, -0.05) is 97.1 Å². The maximum atomic E-state index is 2.46. The van der Waals surface area contributed by atoms with E-state index in [4.69, 9.17) is 0 Å². The van der Waals surface area contributed by atoms with Crippen molar-refractivity contribution in [1.82, 2.24) is 9.13 Å². The first-order valence-corrected chi connectivity index (χ1v) is 20.0. The van der Waals surface area contributed by atoms with Crippen molar-refractivity contribution in [2.45, 2.75) is 27.7 Å². The molecule has 0 aliphatic heterocycles. The average molecular weight is 749 g/mol. The van der Waals surface area contributed by atoms with E-state index in [0.29, 0.717) is 0 Å². The Morgan fingerprint density at radius 1 is 0.276 bits per heavy atom. The Morgan fingerprint density at radius 3 is 0.828 bits per heavy atom. The largest absolute Gasteiger partial charge is 0.313 e. The summed E-state index contributed by atoms with van der Waals surface area (Å²) in [5.41, 5.74) is 16.6. The number of hydrogen-bond donors (Lipinski definition) is 0. The molecule has 0 atom stereocenters. The highest BCUT2D eigenvalue weighted by Gasteiger charge is 2.21. The topological polar surface area (TPSA) is 16.3 Å². The zero-order chi connectivity index (χ0) is 39.3. The predicted octanol–water partition coefficient (Wildman–Crippen LogP) is 14.9. The van der Waals surface area contributed by atoms with Crippen molar-refractivity contribution < 1.29 is 0 Å². The van der Waals surface area contributed by atoms with E-state index in [9.17, 15) is 0 Å². The molecule has 8 aromatic carbocycles. The lowest BCUT2D eigenvalue weighted by atomic mass is 10.0. The Morgan fingerprint density at radius 2 is 0.534 bits per heavy atom. The molecule has 4 nitrogen and oxygen atoms in total. The second-order valence-electron chi connectivity index (χ2n) is 15.2. The van der Waals surface area contributed by atoms with Crippen LogP contribution in [0.5, 0.6) is 0 Å². The van der Waals surface area contributed by atoms with Crippen LogP contribution in [0.4, 0.5) is 34.1 Å². The molecule has 0 fully saturated rings. The smallest absolute Gasteiger partial charge is 0.0613 e. The van der Waals surface area contributed by atoms with Gasteiger partial charge in [0.15, 0.2) is 0 Å². The fraction of sp³-hybridized carbons (Fsp3) is 0.0741. The highest BCUT2D eigenvalue weighted by atomic mass is 15.1. The van der Waals surface area contributed by atoms with E-state index < -0.39 is 0 Å².